The number of fused-ring (bicyclic) bond motifs is 5. The fraction of sp³-hybridized carbons (Fsp3) is 0.152. The van der Waals surface area contributed by atoms with Gasteiger partial charge < -0.3 is 0 Å². The van der Waals surface area contributed by atoms with Crippen molar-refractivity contribution in [1.29, 1.82) is 0 Å². The van der Waals surface area contributed by atoms with Gasteiger partial charge in [0.2, 0.25) is 5.78 Å². The van der Waals surface area contributed by atoms with Gasteiger partial charge >= 0.3 is 0 Å². The van der Waals surface area contributed by atoms with Crippen molar-refractivity contribution < 1.29 is 0 Å². The molecule has 8 rings (SSSR count). The Labute approximate surface area is 250 Å². The van der Waals surface area contributed by atoms with Gasteiger partial charge in [-0.1, -0.05) is 72.3 Å². The van der Waals surface area contributed by atoms with Gasteiger partial charge in [0.1, 0.15) is 10.5 Å². The van der Waals surface area contributed by atoms with Crippen LogP contribution < -0.4 is 5.56 Å². The fourth-order valence-corrected chi connectivity index (χ4v) is 7.45. The van der Waals surface area contributed by atoms with Crippen molar-refractivity contribution in [1.82, 2.24) is 28.9 Å². The van der Waals surface area contributed by atoms with E-state index in [1.807, 2.05) is 95.8 Å². The van der Waals surface area contributed by atoms with Crippen molar-refractivity contribution in [2.24, 2.45) is 0 Å². The first-order valence-corrected chi connectivity index (χ1v) is 15.2. The van der Waals surface area contributed by atoms with E-state index < -0.39 is 0 Å². The average molecular weight is 589 g/mol. The molecule has 7 nitrogen and oxygen atoms in total. The number of para-hydroxylation sites is 1. The van der Waals surface area contributed by atoms with Crippen molar-refractivity contribution >= 4 is 38.9 Å². The van der Waals surface area contributed by atoms with Gasteiger partial charge in [-0.3, -0.25) is 13.8 Å². The maximum Gasteiger partial charge on any atom is 0.264 e. The van der Waals surface area contributed by atoms with E-state index in [9.17, 15) is 4.79 Å². The van der Waals surface area contributed by atoms with Gasteiger partial charge in [0.05, 0.1) is 23.2 Å². The van der Waals surface area contributed by atoms with E-state index in [2.05, 4.69) is 9.50 Å². The molecule has 0 radical (unpaired) electrons. The second-order valence-corrected chi connectivity index (χ2v) is 12.1. The zero-order valence-corrected chi connectivity index (χ0v) is 24.1. The molecular formula is C33H25ClN6OS. The zero-order valence-electron chi connectivity index (χ0n) is 22.6. The molecule has 0 N–H and O–H groups in total. The summed E-state index contributed by atoms with van der Waals surface area (Å²) in [5.41, 5.74) is 5.66. The first-order valence-electron chi connectivity index (χ1n) is 14.0. The van der Waals surface area contributed by atoms with E-state index >= 15 is 0 Å². The van der Waals surface area contributed by atoms with Gasteiger partial charge in [-0.2, -0.15) is 5.10 Å². The maximum atomic E-state index is 14.2. The third kappa shape index (κ3) is 4.09. The molecule has 4 aromatic heterocycles. The predicted molar refractivity (Wildman–Crippen MR) is 168 cm³/mol. The molecule has 4 heterocycles. The molecule has 0 spiro atoms. The number of hydrogen-bond donors (Lipinski definition) is 0. The minimum absolute atomic E-state index is 0.00221. The summed E-state index contributed by atoms with van der Waals surface area (Å²) in [6, 6.07) is 27.7. The second kappa shape index (κ2) is 10.1. The van der Waals surface area contributed by atoms with E-state index in [0.29, 0.717) is 23.2 Å². The Morgan fingerprint density at radius 1 is 0.857 bits per heavy atom. The molecule has 0 fully saturated rings. The van der Waals surface area contributed by atoms with Gasteiger partial charge in [0.15, 0.2) is 5.82 Å². The smallest absolute Gasteiger partial charge is 0.264 e. The summed E-state index contributed by atoms with van der Waals surface area (Å²) < 4.78 is 5.73. The van der Waals surface area contributed by atoms with Crippen LogP contribution in [0.15, 0.2) is 95.9 Å². The number of hydrogen-bond acceptors (Lipinski definition) is 5. The number of halogens is 1. The van der Waals surface area contributed by atoms with Crippen LogP contribution in [0.25, 0.3) is 44.3 Å². The van der Waals surface area contributed by atoms with Crippen LogP contribution in [0.5, 0.6) is 0 Å². The molecule has 0 saturated heterocycles. The molecule has 0 unspecified atom stereocenters. The maximum absolute atomic E-state index is 14.2. The summed E-state index contributed by atoms with van der Waals surface area (Å²) in [7, 11) is 0. The van der Waals surface area contributed by atoms with Crippen LogP contribution in [0.3, 0.4) is 0 Å². The Bertz CT molecular complexity index is 2140. The number of aryl methyl sites for hydroxylation is 2. The highest BCUT2D eigenvalue weighted by molar-refractivity contribution is 7.19. The van der Waals surface area contributed by atoms with Crippen molar-refractivity contribution in [3.63, 3.8) is 0 Å². The summed E-state index contributed by atoms with van der Waals surface area (Å²) in [6.45, 7) is 0.412. The Balaban J connectivity index is 1.44. The van der Waals surface area contributed by atoms with Gasteiger partial charge in [-0.25, -0.2) is 4.68 Å². The van der Waals surface area contributed by atoms with E-state index in [4.69, 9.17) is 21.8 Å². The second-order valence-electron chi connectivity index (χ2n) is 10.6. The predicted octanol–water partition coefficient (Wildman–Crippen LogP) is 7.21. The normalized spacial score (nSPS) is 13.2. The highest BCUT2D eigenvalue weighted by atomic mass is 35.5. The lowest BCUT2D eigenvalue weighted by molar-refractivity contribution is 0.698. The molecule has 0 atom stereocenters. The van der Waals surface area contributed by atoms with Crippen LogP contribution in [0.1, 0.15) is 28.8 Å². The van der Waals surface area contributed by atoms with Gasteiger partial charge in [-0.15, -0.1) is 21.5 Å². The lowest BCUT2D eigenvalue weighted by Crippen LogP contribution is -2.24. The van der Waals surface area contributed by atoms with Crippen LogP contribution in [0.2, 0.25) is 5.02 Å². The van der Waals surface area contributed by atoms with Crippen LogP contribution >= 0.6 is 22.9 Å². The van der Waals surface area contributed by atoms with Crippen LogP contribution in [-0.4, -0.2) is 28.9 Å². The first-order chi connectivity index (χ1) is 20.7. The van der Waals surface area contributed by atoms with Gasteiger partial charge in [0, 0.05) is 21.7 Å². The Kier molecular flexibility index (Phi) is 6.05. The largest absolute Gasteiger partial charge is 0.272 e. The number of benzene rings is 3. The number of aromatic nitrogens is 6. The van der Waals surface area contributed by atoms with Gasteiger partial charge in [0.25, 0.3) is 5.56 Å². The highest BCUT2D eigenvalue weighted by Crippen LogP contribution is 2.38. The summed E-state index contributed by atoms with van der Waals surface area (Å²) in [5.74, 6) is 1.18. The molecule has 0 aliphatic heterocycles. The minimum atomic E-state index is -0.00221. The van der Waals surface area contributed by atoms with Crippen LogP contribution in [-0.2, 0) is 19.4 Å². The van der Waals surface area contributed by atoms with Crippen molar-refractivity contribution in [3.05, 3.63) is 123 Å². The highest BCUT2D eigenvalue weighted by Gasteiger charge is 2.27. The summed E-state index contributed by atoms with van der Waals surface area (Å²) in [4.78, 5) is 16.4. The molecule has 42 heavy (non-hydrogen) atoms. The van der Waals surface area contributed by atoms with E-state index in [1.165, 1.54) is 10.4 Å². The molecule has 1 aliphatic carbocycles. The molecule has 9 heteroatoms. The minimum Gasteiger partial charge on any atom is -0.272 e. The Morgan fingerprint density at radius 3 is 2.38 bits per heavy atom. The molecule has 206 valence electrons. The third-order valence-corrected chi connectivity index (χ3v) is 9.51. The number of rotatable bonds is 5. The van der Waals surface area contributed by atoms with E-state index in [-0.39, 0.29) is 5.56 Å². The molecule has 0 bridgehead atoms. The summed E-state index contributed by atoms with van der Waals surface area (Å²) >= 11 is 7.95. The summed E-state index contributed by atoms with van der Waals surface area (Å²) in [6.07, 6.45) is 6.14. The first kappa shape index (κ1) is 25.2. The Hall–Kier alpha value is -4.53. The molecular weight excluding hydrogens is 564 g/mol. The lowest BCUT2D eigenvalue weighted by Gasteiger charge is -2.12. The average Bonchev–Trinajstić information content (AvgIpc) is 3.76. The fourth-order valence-electron chi connectivity index (χ4n) is 5.95. The topological polar surface area (TPSA) is 70.0 Å². The molecule has 1 aliphatic rings. The molecule has 0 amide bonds. The number of thiophene rings is 1. The zero-order chi connectivity index (χ0) is 28.2. The van der Waals surface area contributed by atoms with Crippen molar-refractivity contribution in [2.45, 2.75) is 32.2 Å². The summed E-state index contributed by atoms with van der Waals surface area (Å²) in [5, 5.41) is 15.9. The standard InChI is InChI=1S/C33H25ClN6OS/c34-23-17-15-22(16-18-23)29-26(20-39(37-29)24-11-5-2-6-12-24)30-35-36-33-38(19-21-9-3-1-4-10-21)31(41)28-25-13-7-8-14-27(25)42-32(28)40(30)33/h1-6,9-12,15-18,20H,7-8,13-14,19H2. The molecule has 0 saturated carbocycles. The van der Waals surface area contributed by atoms with Crippen LogP contribution in [0.4, 0.5) is 0 Å². The lowest BCUT2D eigenvalue weighted by atomic mass is 9.97. The van der Waals surface area contributed by atoms with Gasteiger partial charge in [-0.05, 0) is 61.1 Å². The number of nitrogens with zero attached hydrogens (tertiary/aromatic N) is 6. The quantitative estimate of drug-likeness (QED) is 0.213. The molecule has 3 aromatic carbocycles. The van der Waals surface area contributed by atoms with E-state index in [0.717, 1.165) is 64.0 Å². The van der Waals surface area contributed by atoms with Crippen LogP contribution in [0, 0.1) is 0 Å². The Morgan fingerprint density at radius 2 is 1.60 bits per heavy atom. The molecule has 7 aromatic rings. The van der Waals surface area contributed by atoms with Crippen molar-refractivity contribution in [3.8, 4) is 28.3 Å². The monoisotopic (exact) mass is 588 g/mol. The SMILES string of the molecule is O=c1c2c3c(sc2n2c(-c4cn(-c5ccccc5)nc4-c4ccc(Cl)cc4)nnc2n1Cc1ccccc1)CCCC3. The third-order valence-electron chi connectivity index (χ3n) is 7.98. The van der Waals surface area contributed by atoms with Crippen molar-refractivity contribution in [2.75, 3.05) is 0 Å². The van der Waals surface area contributed by atoms with E-state index in [1.54, 1.807) is 15.9 Å².